The molecule has 6 nitrogen and oxygen atoms in total. The Balaban J connectivity index is 2.91. The van der Waals surface area contributed by atoms with Crippen LogP contribution in [0.15, 0.2) is 5.11 Å². The molecule has 102 valence electrons. The molecule has 1 rings (SSSR count). The molecular formula is C10H16F2N4O2. The Morgan fingerprint density at radius 2 is 2.17 bits per heavy atom. The molecule has 18 heavy (non-hydrogen) atoms. The summed E-state index contributed by atoms with van der Waals surface area (Å²) in [5, 5.41) is 5.65. The fourth-order valence-corrected chi connectivity index (χ4v) is 1.68. The highest BCUT2D eigenvalue weighted by Crippen LogP contribution is 2.31. The Morgan fingerprint density at radius 3 is 2.67 bits per heavy atom. The van der Waals surface area contributed by atoms with Crippen LogP contribution in [0.25, 0.3) is 10.4 Å². The van der Waals surface area contributed by atoms with Crippen LogP contribution in [0, 0.1) is 0 Å². The molecule has 1 N–H and O–H groups in total. The molecule has 1 aliphatic heterocycles. The van der Waals surface area contributed by atoms with Crippen LogP contribution >= 0.6 is 0 Å². The number of nitrogens with one attached hydrogen (secondary N) is 1. The van der Waals surface area contributed by atoms with E-state index in [1.54, 1.807) is 20.8 Å². The van der Waals surface area contributed by atoms with Crippen molar-refractivity contribution >= 4 is 5.97 Å². The average molecular weight is 262 g/mol. The van der Waals surface area contributed by atoms with Gasteiger partial charge in [0.05, 0.1) is 0 Å². The van der Waals surface area contributed by atoms with Gasteiger partial charge in [-0.05, 0) is 26.3 Å². The van der Waals surface area contributed by atoms with Gasteiger partial charge in [-0.25, -0.2) is 8.78 Å². The van der Waals surface area contributed by atoms with Crippen LogP contribution in [-0.4, -0.2) is 36.1 Å². The predicted octanol–water partition coefficient (Wildman–Crippen LogP) is 2.00. The summed E-state index contributed by atoms with van der Waals surface area (Å²) in [5.41, 5.74) is 7.54. The van der Waals surface area contributed by atoms with Crippen molar-refractivity contribution in [3.63, 3.8) is 0 Å². The molecule has 0 radical (unpaired) electrons. The first-order valence-corrected chi connectivity index (χ1v) is 5.56. The maximum Gasteiger partial charge on any atom is 0.324 e. The molecule has 0 aromatic carbocycles. The molecule has 2 unspecified atom stereocenters. The van der Waals surface area contributed by atoms with E-state index in [-0.39, 0.29) is 6.54 Å². The van der Waals surface area contributed by atoms with E-state index in [9.17, 15) is 13.6 Å². The van der Waals surface area contributed by atoms with Crippen molar-refractivity contribution in [3.05, 3.63) is 10.4 Å². The van der Waals surface area contributed by atoms with E-state index >= 15 is 0 Å². The number of rotatable bonds is 2. The Hall–Kier alpha value is -1.40. The van der Waals surface area contributed by atoms with Gasteiger partial charge in [0.1, 0.15) is 17.7 Å². The molecule has 0 bridgehead atoms. The van der Waals surface area contributed by atoms with E-state index < -0.39 is 36.0 Å². The highest BCUT2D eigenvalue weighted by atomic mass is 19.3. The first-order valence-electron chi connectivity index (χ1n) is 5.56. The van der Waals surface area contributed by atoms with Gasteiger partial charge in [-0.2, -0.15) is 0 Å². The van der Waals surface area contributed by atoms with E-state index in [0.29, 0.717) is 0 Å². The number of hydrogen-bond donors (Lipinski definition) is 1. The van der Waals surface area contributed by atoms with Crippen LogP contribution in [0.1, 0.15) is 27.2 Å². The van der Waals surface area contributed by atoms with Gasteiger partial charge in [-0.1, -0.05) is 5.11 Å². The molecular weight excluding hydrogens is 246 g/mol. The summed E-state index contributed by atoms with van der Waals surface area (Å²) in [4.78, 5) is 14.2. The van der Waals surface area contributed by atoms with Crippen LogP contribution in [0.3, 0.4) is 0 Å². The second-order valence-corrected chi connectivity index (χ2v) is 5.13. The van der Waals surface area contributed by atoms with Crippen LogP contribution in [0.5, 0.6) is 0 Å². The zero-order valence-electron chi connectivity index (χ0n) is 10.5. The molecule has 1 aliphatic rings. The fraction of sp³-hybridized carbons (Fsp3) is 0.900. The number of esters is 1. The summed E-state index contributed by atoms with van der Waals surface area (Å²) >= 11 is 0. The summed E-state index contributed by atoms with van der Waals surface area (Å²) in [6, 6.07) is -3.07. The van der Waals surface area contributed by atoms with E-state index in [4.69, 9.17) is 10.3 Å². The summed E-state index contributed by atoms with van der Waals surface area (Å²) in [6.45, 7) is 4.87. The van der Waals surface area contributed by atoms with Gasteiger partial charge >= 0.3 is 5.97 Å². The van der Waals surface area contributed by atoms with E-state index in [2.05, 4.69) is 15.3 Å². The molecule has 1 saturated heterocycles. The number of azide groups is 1. The van der Waals surface area contributed by atoms with E-state index in [1.807, 2.05) is 0 Å². The van der Waals surface area contributed by atoms with Gasteiger partial charge in [0.2, 0.25) is 0 Å². The van der Waals surface area contributed by atoms with E-state index in [1.165, 1.54) is 0 Å². The number of ether oxygens (including phenoxy) is 1. The minimum Gasteiger partial charge on any atom is -0.459 e. The average Bonchev–Trinajstić information content (AvgIpc) is 2.18. The molecule has 0 aromatic heterocycles. The van der Waals surface area contributed by atoms with Crippen molar-refractivity contribution in [2.24, 2.45) is 5.11 Å². The molecule has 0 saturated carbocycles. The number of alkyl halides is 2. The van der Waals surface area contributed by atoms with Crippen LogP contribution < -0.4 is 5.32 Å². The Labute approximate surface area is 103 Å². The van der Waals surface area contributed by atoms with Crippen molar-refractivity contribution in [1.29, 1.82) is 0 Å². The smallest absolute Gasteiger partial charge is 0.324 e. The third-order valence-corrected chi connectivity index (χ3v) is 2.41. The largest absolute Gasteiger partial charge is 0.459 e. The van der Waals surface area contributed by atoms with Crippen molar-refractivity contribution in [2.75, 3.05) is 6.54 Å². The number of carbonyl (C=O) groups is 1. The van der Waals surface area contributed by atoms with E-state index in [0.717, 1.165) is 0 Å². The number of hydrogen-bond acceptors (Lipinski definition) is 4. The summed E-state index contributed by atoms with van der Waals surface area (Å²) in [6.07, 6.45) is -0.476. The topological polar surface area (TPSA) is 87.1 Å². The zero-order valence-corrected chi connectivity index (χ0v) is 10.5. The quantitative estimate of drug-likeness (QED) is 0.357. The lowest BCUT2D eigenvalue weighted by Gasteiger charge is -2.35. The number of piperidine rings is 1. The molecule has 0 aliphatic carbocycles. The van der Waals surface area contributed by atoms with Gasteiger partial charge in [0, 0.05) is 17.9 Å². The predicted molar refractivity (Wildman–Crippen MR) is 60.1 cm³/mol. The van der Waals surface area contributed by atoms with Gasteiger partial charge in [-0.3, -0.25) is 4.79 Å². The van der Waals surface area contributed by atoms with Crippen LogP contribution in [-0.2, 0) is 9.53 Å². The summed E-state index contributed by atoms with van der Waals surface area (Å²) < 4.78 is 32.2. The van der Waals surface area contributed by atoms with Crippen molar-refractivity contribution in [1.82, 2.24) is 5.32 Å². The monoisotopic (exact) mass is 262 g/mol. The lowest BCUT2D eigenvalue weighted by molar-refractivity contribution is -0.164. The van der Waals surface area contributed by atoms with Gasteiger partial charge in [0.15, 0.2) is 0 Å². The maximum absolute atomic E-state index is 13.6. The number of carbonyl (C=O) groups excluding carboxylic acids is 1. The minimum absolute atomic E-state index is 0.0334. The fourth-order valence-electron chi connectivity index (χ4n) is 1.68. The second-order valence-electron chi connectivity index (χ2n) is 5.13. The first-order chi connectivity index (χ1) is 8.17. The van der Waals surface area contributed by atoms with Gasteiger partial charge < -0.3 is 10.1 Å². The SMILES string of the molecule is CC(C)(C)OC(=O)C1NCCC(F)(F)C1N=[N+]=[N-]. The Morgan fingerprint density at radius 1 is 1.56 bits per heavy atom. The molecule has 8 heteroatoms. The molecule has 2 atom stereocenters. The Bertz CT molecular complexity index is 375. The van der Waals surface area contributed by atoms with Crippen molar-refractivity contribution < 1.29 is 18.3 Å². The van der Waals surface area contributed by atoms with Crippen molar-refractivity contribution in [3.8, 4) is 0 Å². The molecule has 0 amide bonds. The molecule has 1 heterocycles. The molecule has 1 fully saturated rings. The lowest BCUT2D eigenvalue weighted by atomic mass is 9.95. The first kappa shape index (κ1) is 14.7. The maximum atomic E-state index is 13.6. The summed E-state index contributed by atoms with van der Waals surface area (Å²) in [5.74, 6) is -4.04. The number of halogens is 2. The highest BCUT2D eigenvalue weighted by molar-refractivity contribution is 5.77. The standard InChI is InChI=1S/C10H16F2N4O2/c1-9(2,3)18-8(17)6-7(15-16-13)10(11,12)4-5-14-6/h6-7,14H,4-5H2,1-3H3. The van der Waals surface area contributed by atoms with Gasteiger partial charge in [-0.15, -0.1) is 0 Å². The molecule has 0 aromatic rings. The Kier molecular flexibility index (Phi) is 4.13. The third kappa shape index (κ3) is 3.54. The van der Waals surface area contributed by atoms with Crippen LogP contribution in [0.2, 0.25) is 0 Å². The number of nitrogens with zero attached hydrogens (tertiary/aromatic N) is 3. The normalized spacial score (nSPS) is 27.2. The third-order valence-electron chi connectivity index (χ3n) is 2.41. The highest BCUT2D eigenvalue weighted by Gasteiger charge is 2.50. The molecule has 0 spiro atoms. The second kappa shape index (κ2) is 5.07. The van der Waals surface area contributed by atoms with Gasteiger partial charge in [0.25, 0.3) is 5.92 Å². The minimum atomic E-state index is -3.21. The summed E-state index contributed by atoms with van der Waals surface area (Å²) in [7, 11) is 0. The lowest BCUT2D eigenvalue weighted by Crippen LogP contribution is -2.59. The van der Waals surface area contributed by atoms with Crippen molar-refractivity contribution in [2.45, 2.75) is 50.8 Å². The zero-order chi connectivity index (χ0) is 14.0. The van der Waals surface area contributed by atoms with Crippen LogP contribution in [0.4, 0.5) is 8.78 Å².